The fraction of sp³-hybridized carbons (Fsp3) is 0.0588. The predicted molar refractivity (Wildman–Crippen MR) is 86.8 cm³/mol. The Balaban J connectivity index is 2.02. The number of aromatic nitrogens is 2. The number of quaternary nitrogens is 1. The van der Waals surface area contributed by atoms with E-state index in [9.17, 15) is 14.8 Å². The van der Waals surface area contributed by atoms with Crippen LogP contribution in [0.4, 0.5) is 5.69 Å². The maximum atomic E-state index is 12.6. The van der Waals surface area contributed by atoms with Crippen molar-refractivity contribution in [1.29, 1.82) is 0 Å². The van der Waals surface area contributed by atoms with Crippen molar-refractivity contribution in [1.82, 2.24) is 9.78 Å². The lowest BCUT2D eigenvalue weighted by molar-refractivity contribution is -0.991. The van der Waals surface area contributed by atoms with Crippen molar-refractivity contribution in [2.45, 2.75) is 6.92 Å². The van der Waals surface area contributed by atoms with Crippen molar-refractivity contribution in [2.24, 2.45) is 0 Å². The van der Waals surface area contributed by atoms with E-state index in [4.69, 9.17) is 5.21 Å². The van der Waals surface area contributed by atoms with E-state index in [0.717, 1.165) is 0 Å². The number of para-hydroxylation sites is 1. The van der Waals surface area contributed by atoms with Crippen molar-refractivity contribution in [3.63, 3.8) is 0 Å². The lowest BCUT2D eigenvalue weighted by Crippen LogP contribution is -2.99. The third kappa shape index (κ3) is 2.79. The molecule has 0 amide bonds. The average molecular weight is 325 g/mol. The number of carbonyl (C=O) groups is 1. The third-order valence-electron chi connectivity index (χ3n) is 3.71. The lowest BCUT2D eigenvalue weighted by atomic mass is 10.0. The number of rotatable bonds is 4. The smallest absolute Gasteiger partial charge is 0.282 e. The maximum Gasteiger partial charge on any atom is 0.282 e. The number of ketones is 1. The monoisotopic (exact) mass is 325 g/mol. The fourth-order valence-corrected chi connectivity index (χ4v) is 2.48. The highest BCUT2D eigenvalue weighted by Gasteiger charge is 2.21. The van der Waals surface area contributed by atoms with Gasteiger partial charge in [-0.3, -0.25) is 14.7 Å². The van der Waals surface area contributed by atoms with Crippen LogP contribution >= 0.6 is 0 Å². The minimum atomic E-state index is -1.07. The van der Waals surface area contributed by atoms with Crippen LogP contribution in [0, 0.1) is 12.1 Å². The number of H-pyrrole nitrogens is 1. The molecule has 0 spiro atoms. The van der Waals surface area contributed by atoms with Gasteiger partial charge < -0.3 is 5.21 Å². The van der Waals surface area contributed by atoms with Gasteiger partial charge in [-0.05, 0) is 31.2 Å². The number of aryl methyl sites for hydroxylation is 1. The zero-order valence-electron chi connectivity index (χ0n) is 12.8. The van der Waals surface area contributed by atoms with Crippen LogP contribution in [0.15, 0.2) is 59.4 Å². The zero-order chi connectivity index (χ0) is 17.3. The molecule has 1 unspecified atom stereocenters. The highest BCUT2D eigenvalue weighted by Crippen LogP contribution is 2.13. The molecule has 3 rings (SSSR count). The van der Waals surface area contributed by atoms with Crippen LogP contribution in [0.25, 0.3) is 5.69 Å². The number of aromatic amines is 1. The Hall–Kier alpha value is -3.00. The second kappa shape index (κ2) is 6.25. The molecule has 0 fully saturated rings. The van der Waals surface area contributed by atoms with Crippen LogP contribution in [0.1, 0.15) is 21.6 Å². The molecule has 122 valence electrons. The summed E-state index contributed by atoms with van der Waals surface area (Å²) in [5, 5.41) is 21.6. The standard InChI is InChI=1S/C17H15N3O4/c1-11-15(16(21)12-7-9-14(10-8-12)20(23)24)17(22)19(18-11)13-5-3-2-4-6-13/h2-10,18,20,23H,1H3. The van der Waals surface area contributed by atoms with Crippen molar-refractivity contribution in [2.75, 3.05) is 0 Å². The molecule has 24 heavy (non-hydrogen) atoms. The number of nitrogens with zero attached hydrogens (tertiary/aromatic N) is 1. The van der Waals surface area contributed by atoms with Crippen LogP contribution in [-0.4, -0.2) is 20.8 Å². The highest BCUT2D eigenvalue weighted by molar-refractivity contribution is 6.09. The predicted octanol–water partition coefficient (Wildman–Crippen LogP) is 1.11. The highest BCUT2D eigenvalue weighted by atomic mass is 16.8. The lowest BCUT2D eigenvalue weighted by Gasteiger charge is -2.11. The summed E-state index contributed by atoms with van der Waals surface area (Å²) >= 11 is 0. The van der Waals surface area contributed by atoms with Gasteiger partial charge >= 0.3 is 0 Å². The van der Waals surface area contributed by atoms with Crippen molar-refractivity contribution >= 4 is 11.5 Å². The van der Waals surface area contributed by atoms with E-state index in [1.54, 1.807) is 31.2 Å². The van der Waals surface area contributed by atoms with Crippen LogP contribution in [0.5, 0.6) is 0 Å². The van der Waals surface area contributed by atoms with E-state index in [-0.39, 0.29) is 16.8 Å². The molecule has 0 aliphatic carbocycles. The molecule has 3 N–H and O–H groups in total. The molecule has 0 aliphatic rings. The molecule has 7 nitrogen and oxygen atoms in total. The van der Waals surface area contributed by atoms with Gasteiger partial charge in [0.15, 0.2) is 11.5 Å². The fourth-order valence-electron chi connectivity index (χ4n) is 2.48. The summed E-state index contributed by atoms with van der Waals surface area (Å²) in [6, 6.07) is 14.4. The summed E-state index contributed by atoms with van der Waals surface area (Å²) in [6.07, 6.45) is 0. The largest absolute Gasteiger partial charge is 0.595 e. The quantitative estimate of drug-likeness (QED) is 0.494. The second-order valence-corrected chi connectivity index (χ2v) is 5.30. The Kier molecular flexibility index (Phi) is 4.13. The van der Waals surface area contributed by atoms with E-state index in [2.05, 4.69) is 5.10 Å². The molecule has 0 aliphatic heterocycles. The average Bonchev–Trinajstić information content (AvgIpc) is 2.89. The second-order valence-electron chi connectivity index (χ2n) is 5.30. The molecule has 0 saturated heterocycles. The van der Waals surface area contributed by atoms with Crippen LogP contribution in [0.2, 0.25) is 0 Å². The molecule has 0 radical (unpaired) electrons. The normalized spacial score (nSPS) is 12.1. The minimum absolute atomic E-state index is 0.0435. The molecule has 1 atom stereocenters. The van der Waals surface area contributed by atoms with Crippen molar-refractivity contribution in [3.05, 3.63) is 87.0 Å². The van der Waals surface area contributed by atoms with Gasteiger partial charge in [0.05, 0.1) is 5.69 Å². The van der Waals surface area contributed by atoms with Crippen LogP contribution < -0.4 is 10.8 Å². The summed E-state index contributed by atoms with van der Waals surface area (Å²) in [4.78, 5) is 25.2. The summed E-state index contributed by atoms with van der Waals surface area (Å²) in [5.74, 6) is -0.444. The van der Waals surface area contributed by atoms with Gasteiger partial charge in [-0.15, -0.1) is 0 Å². The molecule has 3 aromatic rings. The van der Waals surface area contributed by atoms with Gasteiger partial charge in [0.2, 0.25) is 0 Å². The van der Waals surface area contributed by atoms with E-state index in [1.807, 2.05) is 6.07 Å². The first-order valence-corrected chi connectivity index (χ1v) is 7.24. The molecule has 7 heteroatoms. The van der Waals surface area contributed by atoms with Crippen LogP contribution in [-0.2, 0) is 0 Å². The number of benzene rings is 2. The minimum Gasteiger partial charge on any atom is -0.595 e. The van der Waals surface area contributed by atoms with Crippen molar-refractivity contribution in [3.8, 4) is 5.69 Å². The summed E-state index contributed by atoms with van der Waals surface area (Å²) in [7, 11) is 0. The van der Waals surface area contributed by atoms with Gasteiger partial charge in [0.1, 0.15) is 5.56 Å². The first-order chi connectivity index (χ1) is 11.5. The molecular formula is C17H15N3O4. The first kappa shape index (κ1) is 15.9. The molecule has 2 aromatic carbocycles. The third-order valence-corrected chi connectivity index (χ3v) is 3.71. The maximum absolute atomic E-state index is 12.6. The number of hydrogen-bond acceptors (Lipinski definition) is 4. The zero-order valence-corrected chi connectivity index (χ0v) is 12.8. The first-order valence-electron chi connectivity index (χ1n) is 7.24. The molecule has 1 heterocycles. The van der Waals surface area contributed by atoms with Gasteiger partial charge in [-0.25, -0.2) is 9.89 Å². The SMILES string of the molecule is Cc1[nH]n(-c2ccccc2)c(=O)c1C(=O)c1ccc([NH+]([O-])O)cc1. The topological polar surface area (TPSA) is 103 Å². The molecule has 0 saturated carbocycles. The number of hydrogen-bond donors (Lipinski definition) is 3. The van der Waals surface area contributed by atoms with E-state index in [1.165, 1.54) is 28.9 Å². The Morgan fingerprint density at radius 2 is 1.75 bits per heavy atom. The molecule has 0 bridgehead atoms. The van der Waals surface area contributed by atoms with E-state index < -0.39 is 16.6 Å². The van der Waals surface area contributed by atoms with E-state index in [0.29, 0.717) is 11.4 Å². The number of carbonyl (C=O) groups excluding carboxylic acids is 1. The molecule has 1 aromatic heterocycles. The van der Waals surface area contributed by atoms with Gasteiger partial charge in [0.25, 0.3) is 5.56 Å². The Morgan fingerprint density at radius 1 is 1.12 bits per heavy atom. The Bertz CT molecular complexity index is 925. The Morgan fingerprint density at radius 3 is 2.33 bits per heavy atom. The summed E-state index contributed by atoms with van der Waals surface area (Å²) in [5.41, 5.74) is 1.04. The summed E-state index contributed by atoms with van der Waals surface area (Å²) < 4.78 is 1.31. The molecular weight excluding hydrogens is 310 g/mol. The summed E-state index contributed by atoms with van der Waals surface area (Å²) in [6.45, 7) is 1.65. The number of nitrogens with one attached hydrogen (secondary N) is 2. The van der Waals surface area contributed by atoms with Gasteiger partial charge in [-0.1, -0.05) is 18.2 Å². The van der Waals surface area contributed by atoms with Gasteiger partial charge in [-0.2, -0.15) is 5.23 Å². The Labute approximate surface area is 136 Å². The van der Waals surface area contributed by atoms with Crippen LogP contribution in [0.3, 0.4) is 0 Å². The van der Waals surface area contributed by atoms with Crippen molar-refractivity contribution < 1.29 is 15.2 Å². The van der Waals surface area contributed by atoms with E-state index >= 15 is 0 Å². The van der Waals surface area contributed by atoms with Gasteiger partial charge in [0, 0.05) is 23.4 Å².